The van der Waals surface area contributed by atoms with E-state index in [1.165, 1.54) is 27.8 Å². The first-order valence-electron chi connectivity index (χ1n) is 18.2. The Morgan fingerprint density at radius 2 is 1.22 bits per heavy atom. The number of hydrogen-bond donors (Lipinski definition) is 0. The largest absolute Gasteiger partial charge is 0.503 e. The van der Waals surface area contributed by atoms with Crippen LogP contribution in [-0.2, 0) is 20.1 Å². The van der Waals surface area contributed by atoms with Crippen LogP contribution in [0.4, 0.5) is 0 Å². The van der Waals surface area contributed by atoms with Gasteiger partial charge in [-0.15, -0.1) is 53.0 Å². The maximum atomic E-state index is 6.49. The number of ether oxygens (including phenoxy) is 2. The summed E-state index contributed by atoms with van der Waals surface area (Å²) in [6, 6.07) is 56.3. The molecule has 0 atom stereocenters. The summed E-state index contributed by atoms with van der Waals surface area (Å²) < 4.78 is 12.7. The second kappa shape index (κ2) is 15.4. The minimum Gasteiger partial charge on any atom is -0.503 e. The molecular formula is C49H35BIrN2O2-2. The molecule has 2 aliphatic rings. The van der Waals surface area contributed by atoms with E-state index in [1.807, 2.05) is 79.1 Å². The van der Waals surface area contributed by atoms with Crippen molar-refractivity contribution in [2.45, 2.75) is 20.8 Å². The fourth-order valence-electron chi connectivity index (χ4n) is 7.29. The molecule has 1 radical (unpaired) electrons. The average Bonchev–Trinajstić information content (AvgIpc) is 3.23. The Labute approximate surface area is 336 Å². The molecule has 6 aromatic carbocycles. The van der Waals surface area contributed by atoms with E-state index in [2.05, 4.69) is 117 Å². The second-order valence-electron chi connectivity index (χ2n) is 13.7. The average molecular weight is 887 g/mol. The molecule has 0 unspecified atom stereocenters. The van der Waals surface area contributed by atoms with Gasteiger partial charge in [-0.1, -0.05) is 127 Å². The number of pyridine rings is 2. The Balaban J connectivity index is 0.000000169. The zero-order valence-electron chi connectivity index (χ0n) is 30.6. The van der Waals surface area contributed by atoms with Gasteiger partial charge in [-0.05, 0) is 71.2 Å². The number of benzene rings is 6. The maximum absolute atomic E-state index is 6.49. The Morgan fingerprint density at radius 1 is 0.527 bits per heavy atom. The van der Waals surface area contributed by atoms with Crippen LogP contribution < -0.4 is 25.9 Å². The third-order valence-corrected chi connectivity index (χ3v) is 10.3. The van der Waals surface area contributed by atoms with Gasteiger partial charge in [-0.3, -0.25) is 0 Å². The first kappa shape index (κ1) is 35.9. The minimum atomic E-state index is 0. The van der Waals surface area contributed by atoms with Gasteiger partial charge < -0.3 is 19.4 Å². The fraction of sp³-hybridized carbons (Fsp3) is 0.0612. The molecule has 267 valence electrons. The number of nitrogens with zero attached hydrogens (tertiary/aromatic N) is 2. The molecule has 4 heterocycles. The molecule has 0 spiro atoms. The standard InChI is InChI=1S/C29H17BNO2.C20H18N.Ir/c1-2-8-19(9-3-1)20-16-17-24(31-18-20)21-10-6-12-23-29(21)33-27-15-7-14-26-28(27)30(23)22-11-4-5-13-25(22)32-26;1-14-9-10-18(20-11-15(2)16(3)13-21-20)12-19(14)17-7-5-4-6-8-17;/h1-9,11-18H;4-9,11-13H,1-3H3;/q2*-1;. The fourth-order valence-corrected chi connectivity index (χ4v) is 7.29. The Morgan fingerprint density at radius 3 is 1.96 bits per heavy atom. The molecule has 8 aromatic rings. The summed E-state index contributed by atoms with van der Waals surface area (Å²) in [5.74, 6) is 3.37. The van der Waals surface area contributed by atoms with Crippen LogP contribution in [0.3, 0.4) is 0 Å². The summed E-state index contributed by atoms with van der Waals surface area (Å²) in [5, 5.41) is 0. The van der Waals surface area contributed by atoms with Crippen LogP contribution in [-0.4, -0.2) is 16.7 Å². The second-order valence-corrected chi connectivity index (χ2v) is 13.7. The van der Waals surface area contributed by atoms with Crippen LogP contribution in [0.15, 0.2) is 158 Å². The van der Waals surface area contributed by atoms with Crippen LogP contribution in [0, 0.1) is 32.9 Å². The van der Waals surface area contributed by atoms with Gasteiger partial charge in [0.15, 0.2) is 0 Å². The zero-order chi connectivity index (χ0) is 36.6. The summed E-state index contributed by atoms with van der Waals surface area (Å²) in [7, 11) is 0. The van der Waals surface area contributed by atoms with Crippen molar-refractivity contribution in [2.24, 2.45) is 0 Å². The summed E-state index contributed by atoms with van der Waals surface area (Å²) in [5.41, 5.74) is 15.5. The van der Waals surface area contributed by atoms with Crippen molar-refractivity contribution in [3.63, 3.8) is 0 Å². The van der Waals surface area contributed by atoms with E-state index in [1.54, 1.807) is 0 Å². The van der Waals surface area contributed by atoms with Gasteiger partial charge in [0.05, 0.1) is 0 Å². The first-order valence-corrected chi connectivity index (χ1v) is 18.2. The van der Waals surface area contributed by atoms with Crippen molar-refractivity contribution >= 4 is 23.1 Å². The van der Waals surface area contributed by atoms with E-state index in [0.29, 0.717) is 0 Å². The van der Waals surface area contributed by atoms with Crippen LogP contribution in [0.25, 0.3) is 44.8 Å². The molecule has 55 heavy (non-hydrogen) atoms. The Hall–Kier alpha value is -6.07. The third kappa shape index (κ3) is 6.92. The van der Waals surface area contributed by atoms with E-state index < -0.39 is 0 Å². The SMILES string of the molecule is Cc1cnc(-c2[c-]cc(C)c(-c3ccccc3)c2)cc1C.[Ir].[c-]1ccc2c(c1-c1ccc(-c3ccccc3)cn1)Oc1cccc3c1B2c1ccccc1O3. The summed E-state index contributed by atoms with van der Waals surface area (Å²) in [4.78, 5) is 9.32. The number of hydrogen-bond acceptors (Lipinski definition) is 4. The van der Waals surface area contributed by atoms with E-state index in [9.17, 15) is 0 Å². The number of rotatable bonds is 4. The number of fused-ring (bicyclic) bond motifs is 4. The van der Waals surface area contributed by atoms with Gasteiger partial charge in [0.1, 0.15) is 17.2 Å². The van der Waals surface area contributed by atoms with Crippen molar-refractivity contribution in [1.29, 1.82) is 0 Å². The van der Waals surface area contributed by atoms with Crippen molar-refractivity contribution in [1.82, 2.24) is 9.97 Å². The van der Waals surface area contributed by atoms with Crippen molar-refractivity contribution in [3.8, 4) is 67.8 Å². The summed E-state index contributed by atoms with van der Waals surface area (Å²) >= 11 is 0. The summed E-state index contributed by atoms with van der Waals surface area (Å²) in [6.07, 6.45) is 3.84. The first-order chi connectivity index (χ1) is 26.5. The van der Waals surface area contributed by atoms with Gasteiger partial charge in [0, 0.05) is 43.7 Å². The van der Waals surface area contributed by atoms with Crippen molar-refractivity contribution in [3.05, 3.63) is 187 Å². The molecule has 0 aliphatic carbocycles. The number of para-hydroxylation sites is 1. The quantitative estimate of drug-likeness (QED) is 0.131. The molecule has 0 amide bonds. The van der Waals surface area contributed by atoms with Gasteiger partial charge in [-0.25, -0.2) is 0 Å². The molecule has 0 fully saturated rings. The third-order valence-electron chi connectivity index (χ3n) is 10.3. The molecule has 0 bridgehead atoms. The Bertz CT molecular complexity index is 2650. The minimum absolute atomic E-state index is 0. The molecule has 10 rings (SSSR count). The van der Waals surface area contributed by atoms with Gasteiger partial charge in [0.25, 0.3) is 0 Å². The topological polar surface area (TPSA) is 44.2 Å². The van der Waals surface area contributed by atoms with Crippen molar-refractivity contribution in [2.75, 3.05) is 0 Å². The molecule has 2 aromatic heterocycles. The number of aryl methyl sites for hydroxylation is 3. The van der Waals surface area contributed by atoms with Crippen LogP contribution in [0.1, 0.15) is 16.7 Å². The van der Waals surface area contributed by atoms with Gasteiger partial charge >= 0.3 is 0 Å². The van der Waals surface area contributed by atoms with E-state index in [4.69, 9.17) is 14.5 Å². The maximum Gasteiger partial charge on any atom is 0.241 e. The van der Waals surface area contributed by atoms with E-state index in [0.717, 1.165) is 73.0 Å². The normalized spacial score (nSPS) is 11.7. The smallest absolute Gasteiger partial charge is 0.241 e. The molecule has 2 aliphatic heterocycles. The van der Waals surface area contributed by atoms with Gasteiger partial charge in [0.2, 0.25) is 6.71 Å². The zero-order valence-corrected chi connectivity index (χ0v) is 33.0. The van der Waals surface area contributed by atoms with Crippen LogP contribution in [0.2, 0.25) is 0 Å². The van der Waals surface area contributed by atoms with Crippen molar-refractivity contribution < 1.29 is 29.6 Å². The molecule has 6 heteroatoms. The molecule has 0 N–H and O–H groups in total. The molecule has 0 saturated heterocycles. The summed E-state index contributed by atoms with van der Waals surface area (Å²) in [6.45, 7) is 6.37. The van der Waals surface area contributed by atoms with Gasteiger partial charge in [-0.2, -0.15) is 0 Å². The molecular weight excluding hydrogens is 852 g/mol. The Kier molecular flexibility index (Phi) is 10.0. The van der Waals surface area contributed by atoms with E-state index in [-0.39, 0.29) is 26.8 Å². The molecule has 4 nitrogen and oxygen atoms in total. The monoisotopic (exact) mass is 887 g/mol. The number of aromatic nitrogens is 2. The molecule has 0 saturated carbocycles. The van der Waals surface area contributed by atoms with Crippen LogP contribution in [0.5, 0.6) is 23.0 Å². The predicted octanol–water partition coefficient (Wildman–Crippen LogP) is 10.1. The van der Waals surface area contributed by atoms with E-state index >= 15 is 0 Å². The van der Waals surface area contributed by atoms with Crippen LogP contribution >= 0.6 is 0 Å². The predicted molar refractivity (Wildman–Crippen MR) is 220 cm³/mol.